The Labute approximate surface area is 595 Å². The molecule has 2 aliphatic rings. The maximum absolute atomic E-state index is 11.9. The average Bonchev–Trinajstić information content (AvgIpc) is 0.873. The van der Waals surface area contributed by atoms with Gasteiger partial charge in [0.1, 0.15) is 0 Å². The van der Waals surface area contributed by atoms with Gasteiger partial charge in [0.2, 0.25) is 0 Å². The Morgan fingerprint density at radius 2 is 0.594 bits per heavy atom. The molecule has 0 saturated heterocycles. The van der Waals surface area contributed by atoms with Gasteiger partial charge in [-0.3, -0.25) is 0 Å². The van der Waals surface area contributed by atoms with Crippen molar-refractivity contribution in [2.24, 2.45) is 0 Å². The van der Waals surface area contributed by atoms with Crippen LogP contribution in [0.1, 0.15) is 213 Å². The standard InChI is InChI=1S/C95H90N4O2/c1-90(2,3)65-43-62(44-66(53-65)91(4,5)6)86-80-37-35-78(96-80)73(34-33-72-76-51-60-25-21-19-23-58(60)49-74(76)71(32-29-56-27-30-57(31-28-56)89(100)101)75-50-59-24-20-22-26-61(59)52-77(72)75)79-36-38-81(97-79)87(63-45-67(92(7,8)9)54-68(46-63)93(10,11)12)83-40-42-85(99-83)88(84-41-39-82(86)98-84)64-47-69(94(13,14)15)55-70(48-64)95(16,17)18/h19-28,30-31,35-55,96,99H,1-18H3,(H,100,101). The molecule has 0 fully saturated rings. The topological polar surface area (TPSA) is 94.7 Å². The quantitative estimate of drug-likeness (QED) is 0.121. The third kappa shape index (κ3) is 13.1. The second kappa shape index (κ2) is 24.5. The van der Waals surface area contributed by atoms with Crippen LogP contribution in [0.5, 0.6) is 0 Å². The van der Waals surface area contributed by atoms with Crippen LogP contribution in [0.15, 0.2) is 176 Å². The van der Waals surface area contributed by atoms with Crippen molar-refractivity contribution in [1.82, 2.24) is 19.9 Å². The van der Waals surface area contributed by atoms with E-state index in [9.17, 15) is 9.90 Å². The normalized spacial score (nSPS) is 12.9. The summed E-state index contributed by atoms with van der Waals surface area (Å²) < 4.78 is 0. The first-order valence-electron chi connectivity index (χ1n) is 35.4. The minimum absolute atomic E-state index is 0.145. The van der Waals surface area contributed by atoms with Gasteiger partial charge in [-0.2, -0.15) is 0 Å². The summed E-state index contributed by atoms with van der Waals surface area (Å²) in [5.41, 5.74) is 23.0. The van der Waals surface area contributed by atoms with E-state index in [1.54, 1.807) is 24.3 Å². The smallest absolute Gasteiger partial charge is 0.335 e. The lowest BCUT2D eigenvalue weighted by Gasteiger charge is -2.26. The number of fused-ring (bicyclic) bond motifs is 12. The molecule has 0 amide bonds. The number of benzene rings is 9. The number of carboxylic acids is 1. The number of aromatic nitrogens is 4. The van der Waals surface area contributed by atoms with E-state index < -0.39 is 5.97 Å². The summed E-state index contributed by atoms with van der Waals surface area (Å²) in [5, 5.41) is 18.0. The number of aromatic amines is 2. The second-order valence-electron chi connectivity index (χ2n) is 34.0. The number of hydrogen-bond donors (Lipinski definition) is 3. The Morgan fingerprint density at radius 1 is 0.317 bits per heavy atom. The van der Waals surface area contributed by atoms with E-state index in [0.717, 1.165) is 138 Å². The summed E-state index contributed by atoms with van der Waals surface area (Å²) in [4.78, 5) is 31.9. The van der Waals surface area contributed by atoms with Crippen molar-refractivity contribution in [1.29, 1.82) is 0 Å². The summed E-state index contributed by atoms with van der Waals surface area (Å²) in [6, 6.07) is 63.1. The van der Waals surface area contributed by atoms with Gasteiger partial charge in [-0.15, -0.1) is 0 Å². The monoisotopic (exact) mass is 1320 g/mol. The molecule has 3 aromatic heterocycles. The molecule has 502 valence electrons. The van der Waals surface area contributed by atoms with Crippen LogP contribution in [-0.2, 0) is 32.5 Å². The third-order valence-corrected chi connectivity index (χ3v) is 20.2. The van der Waals surface area contributed by atoms with E-state index in [1.165, 1.54) is 33.4 Å². The van der Waals surface area contributed by atoms with E-state index in [0.29, 0.717) is 5.56 Å². The SMILES string of the molecule is CC(C)(C)c1cc(-c2c3nc(c(-c4cc(C(C)(C)C)cc(C(C)(C)C)c4)c4ccc([nH]4)c(-c4cc(C(C)(C)C)cc(C(C)(C)C)c4)c4nc(c(C#Cc5c6cc7ccccc7cc6c(C#Cc6ccc(C(=O)O)cc6)c6cc7ccccc7cc56)c5ccc2[nH]5)C=C4)C=C3)cc(C(C)(C)C)c1. The van der Waals surface area contributed by atoms with Crippen molar-refractivity contribution in [3.8, 4) is 57.1 Å². The number of carbonyl (C=O) groups is 1. The van der Waals surface area contributed by atoms with Crippen LogP contribution in [0.3, 0.4) is 0 Å². The predicted octanol–water partition coefficient (Wildman–Crippen LogP) is 24.6. The molecule has 5 heterocycles. The zero-order valence-electron chi connectivity index (χ0n) is 61.8. The number of H-pyrrole nitrogens is 2. The molecule has 6 nitrogen and oxygen atoms in total. The van der Waals surface area contributed by atoms with E-state index in [4.69, 9.17) is 9.97 Å². The van der Waals surface area contributed by atoms with E-state index >= 15 is 0 Å². The summed E-state index contributed by atoms with van der Waals surface area (Å²) in [6.45, 7) is 41.5. The van der Waals surface area contributed by atoms with Crippen molar-refractivity contribution in [3.05, 3.63) is 260 Å². The van der Waals surface area contributed by atoms with Gasteiger partial charge in [0, 0.05) is 49.9 Å². The van der Waals surface area contributed by atoms with Gasteiger partial charge in [-0.05, 0) is 223 Å². The van der Waals surface area contributed by atoms with Crippen LogP contribution in [0, 0.1) is 23.7 Å². The highest BCUT2D eigenvalue weighted by Crippen LogP contribution is 2.45. The van der Waals surface area contributed by atoms with Crippen LogP contribution >= 0.6 is 0 Å². The minimum Gasteiger partial charge on any atom is -0.478 e. The first-order chi connectivity index (χ1) is 47.6. The van der Waals surface area contributed by atoms with Crippen LogP contribution in [-0.4, -0.2) is 31.0 Å². The lowest BCUT2D eigenvalue weighted by Crippen LogP contribution is -2.16. The number of rotatable bonds is 4. The Bertz CT molecular complexity index is 5580. The van der Waals surface area contributed by atoms with Crippen LogP contribution in [0.4, 0.5) is 0 Å². The van der Waals surface area contributed by atoms with E-state index in [2.05, 4.69) is 334 Å². The van der Waals surface area contributed by atoms with Gasteiger partial charge < -0.3 is 15.1 Å². The van der Waals surface area contributed by atoms with Crippen LogP contribution in [0.2, 0.25) is 0 Å². The molecular weight excluding hydrogens is 1230 g/mol. The second-order valence-corrected chi connectivity index (χ2v) is 34.0. The molecule has 0 radical (unpaired) electrons. The number of hydrogen-bond acceptors (Lipinski definition) is 3. The molecule has 0 atom stereocenters. The Morgan fingerprint density at radius 3 is 0.911 bits per heavy atom. The molecule has 0 saturated carbocycles. The van der Waals surface area contributed by atoms with E-state index in [-0.39, 0.29) is 38.1 Å². The highest BCUT2D eigenvalue weighted by atomic mass is 16.4. The average molecular weight is 1320 g/mol. The molecule has 2 aliphatic heterocycles. The number of nitrogens with zero attached hydrogens (tertiary/aromatic N) is 2. The Hall–Kier alpha value is -10.8. The van der Waals surface area contributed by atoms with Gasteiger partial charge in [0.15, 0.2) is 0 Å². The highest BCUT2D eigenvalue weighted by Gasteiger charge is 2.29. The zero-order chi connectivity index (χ0) is 71.6. The lowest BCUT2D eigenvalue weighted by molar-refractivity contribution is 0.0696. The molecule has 0 spiro atoms. The molecule has 9 aromatic carbocycles. The van der Waals surface area contributed by atoms with Crippen molar-refractivity contribution in [2.75, 3.05) is 0 Å². The molecule has 14 rings (SSSR count). The summed E-state index contributed by atoms with van der Waals surface area (Å²) in [5.74, 6) is 14.0. The fourth-order valence-corrected chi connectivity index (χ4v) is 14.0. The summed E-state index contributed by atoms with van der Waals surface area (Å²) in [7, 11) is 0. The van der Waals surface area contributed by atoms with Crippen molar-refractivity contribution in [3.63, 3.8) is 0 Å². The van der Waals surface area contributed by atoms with Gasteiger partial charge >= 0.3 is 5.97 Å². The molecule has 12 aromatic rings. The van der Waals surface area contributed by atoms with Crippen molar-refractivity contribution in [2.45, 2.75) is 157 Å². The summed E-state index contributed by atoms with van der Waals surface area (Å²) in [6.07, 6.45) is 8.78. The summed E-state index contributed by atoms with van der Waals surface area (Å²) >= 11 is 0. The molecule has 0 aliphatic carbocycles. The first kappa shape index (κ1) is 67.4. The molecule has 101 heavy (non-hydrogen) atoms. The number of nitrogens with one attached hydrogen (secondary N) is 2. The lowest BCUT2D eigenvalue weighted by atomic mass is 9.78. The Balaban J connectivity index is 1.15. The Kier molecular flexibility index (Phi) is 16.4. The molecule has 3 N–H and O–H groups in total. The van der Waals surface area contributed by atoms with E-state index in [1.807, 2.05) is 0 Å². The maximum atomic E-state index is 11.9. The first-order valence-corrected chi connectivity index (χ1v) is 35.4. The minimum atomic E-state index is -0.979. The van der Waals surface area contributed by atoms with Gasteiger partial charge in [0.25, 0.3) is 0 Å². The highest BCUT2D eigenvalue weighted by molar-refractivity contribution is 6.16. The number of aromatic carboxylic acids is 1. The van der Waals surface area contributed by atoms with Gasteiger partial charge in [0.05, 0.1) is 39.4 Å². The molecule has 0 unspecified atom stereocenters. The van der Waals surface area contributed by atoms with Gasteiger partial charge in [-0.25, -0.2) is 14.8 Å². The van der Waals surface area contributed by atoms with Crippen molar-refractivity contribution < 1.29 is 9.90 Å². The molecular formula is C95H90N4O2. The third-order valence-electron chi connectivity index (χ3n) is 20.2. The predicted molar refractivity (Wildman–Crippen MR) is 429 cm³/mol. The largest absolute Gasteiger partial charge is 0.478 e. The zero-order valence-corrected chi connectivity index (χ0v) is 61.8. The molecule has 8 bridgehead atoms. The fourth-order valence-electron chi connectivity index (χ4n) is 14.0. The molecule has 6 heteroatoms. The van der Waals surface area contributed by atoms with Gasteiger partial charge in [-0.1, -0.05) is 251 Å². The van der Waals surface area contributed by atoms with Crippen LogP contribution in [0.25, 0.3) is 123 Å². The van der Waals surface area contributed by atoms with Crippen molar-refractivity contribution >= 4 is 95.4 Å². The maximum Gasteiger partial charge on any atom is 0.335 e. The van der Waals surface area contributed by atoms with Crippen LogP contribution < -0.4 is 0 Å². The fraction of sp³-hybridized carbons (Fsp3) is 0.253. The number of carboxylic acid groups (broad SMARTS) is 1.